The number of carbonyl (C=O) groups is 4. The second-order valence-corrected chi connectivity index (χ2v) is 11.0. The number of nitrogens with zero attached hydrogens (tertiary/aromatic N) is 3. The molecule has 39 heavy (non-hydrogen) atoms. The Morgan fingerprint density at radius 1 is 0.974 bits per heavy atom. The number of nitrogens with one attached hydrogen (secondary N) is 1. The molecule has 0 unspecified atom stereocenters. The van der Waals surface area contributed by atoms with E-state index in [0.717, 1.165) is 22.6 Å². The number of rotatable bonds is 3. The van der Waals surface area contributed by atoms with Gasteiger partial charge in [-0.25, -0.2) is 4.90 Å². The maximum absolute atomic E-state index is 14.4. The Morgan fingerprint density at radius 3 is 2.51 bits per heavy atom. The summed E-state index contributed by atoms with van der Waals surface area (Å²) in [5, 5.41) is 3.76. The van der Waals surface area contributed by atoms with Gasteiger partial charge in [0.2, 0.25) is 17.7 Å². The third kappa shape index (κ3) is 3.22. The minimum Gasteiger partial charge on any atom is -0.310 e. The second-order valence-electron chi connectivity index (χ2n) is 10.6. The summed E-state index contributed by atoms with van der Waals surface area (Å²) >= 11 is 6.17. The van der Waals surface area contributed by atoms with Crippen LogP contribution in [0.4, 0.5) is 17.1 Å². The van der Waals surface area contributed by atoms with E-state index in [9.17, 15) is 19.2 Å². The number of amides is 4. The smallest absolute Gasteiger partial charge is 0.253 e. The number of carbonyl (C=O) groups excluding carboxylic acids is 4. The predicted molar refractivity (Wildman–Crippen MR) is 146 cm³/mol. The monoisotopic (exact) mass is 540 g/mol. The predicted octanol–water partition coefficient (Wildman–Crippen LogP) is 3.27. The molecule has 4 aliphatic rings. The van der Waals surface area contributed by atoms with Gasteiger partial charge in [-0.05, 0) is 49.2 Å². The number of hydrogen-bond donors (Lipinski definition) is 1. The molecule has 0 aliphatic carbocycles. The lowest BCUT2D eigenvalue weighted by atomic mass is 9.76. The molecule has 4 atom stereocenters. The van der Waals surface area contributed by atoms with Crippen molar-refractivity contribution >= 4 is 52.3 Å². The van der Waals surface area contributed by atoms with Crippen LogP contribution in [0.25, 0.3) is 0 Å². The SMILES string of the molecule is C[C@H]1N[C@]2(C(=O)N(CC(=O)N3CCc4ccccc43)c3ccccc32)[C@@H]2C(=O)N(c3cccc(Cl)c3)C(=O)[C@H]21. The zero-order chi connectivity index (χ0) is 27.1. The average Bonchev–Trinajstić information content (AvgIpc) is 3.63. The largest absolute Gasteiger partial charge is 0.310 e. The Labute approximate surface area is 230 Å². The maximum Gasteiger partial charge on any atom is 0.253 e. The van der Waals surface area contributed by atoms with Crippen LogP contribution in [0.5, 0.6) is 0 Å². The van der Waals surface area contributed by atoms with Crippen molar-refractivity contribution < 1.29 is 19.2 Å². The summed E-state index contributed by atoms with van der Waals surface area (Å²) in [7, 11) is 0. The van der Waals surface area contributed by atoms with Crippen molar-refractivity contribution in [3.63, 3.8) is 0 Å². The fraction of sp³-hybridized carbons (Fsp3) is 0.267. The van der Waals surface area contributed by atoms with E-state index in [2.05, 4.69) is 5.32 Å². The standard InChI is InChI=1S/C30H25ClN4O4/c1-17-25-26(28(38)35(27(25)37)20-9-6-8-19(31)15-20)30(32-17)21-10-3-5-12-23(21)34(29(30)39)16-24(36)33-14-13-18-7-2-4-11-22(18)33/h2-12,15,17,25-26,32H,13-14,16H2,1H3/t17-,25+,26+,30+/m1/s1. The normalized spacial score (nSPS) is 27.0. The highest BCUT2D eigenvalue weighted by Gasteiger charge is 2.71. The van der Waals surface area contributed by atoms with E-state index in [-0.39, 0.29) is 18.4 Å². The molecule has 3 aromatic rings. The third-order valence-corrected chi connectivity index (χ3v) is 8.80. The van der Waals surface area contributed by atoms with Gasteiger partial charge >= 0.3 is 0 Å². The van der Waals surface area contributed by atoms with Crippen molar-refractivity contribution in [1.82, 2.24) is 5.32 Å². The van der Waals surface area contributed by atoms with Crippen molar-refractivity contribution in [2.75, 3.05) is 27.8 Å². The van der Waals surface area contributed by atoms with Crippen LogP contribution >= 0.6 is 11.6 Å². The Bertz CT molecular complexity index is 1590. The zero-order valence-corrected chi connectivity index (χ0v) is 21.9. The van der Waals surface area contributed by atoms with Crippen LogP contribution in [-0.2, 0) is 31.1 Å². The molecule has 0 saturated carbocycles. The minimum atomic E-state index is -1.45. The van der Waals surface area contributed by atoms with Crippen LogP contribution in [0.2, 0.25) is 5.02 Å². The Kier molecular flexibility index (Phi) is 5.24. The molecule has 0 aromatic heterocycles. The van der Waals surface area contributed by atoms with Gasteiger partial charge in [-0.15, -0.1) is 0 Å². The summed E-state index contributed by atoms with van der Waals surface area (Å²) in [5.74, 6) is -3.10. The summed E-state index contributed by atoms with van der Waals surface area (Å²) in [6, 6.07) is 21.1. The Morgan fingerprint density at radius 2 is 1.72 bits per heavy atom. The van der Waals surface area contributed by atoms with Crippen molar-refractivity contribution in [1.29, 1.82) is 0 Å². The highest BCUT2D eigenvalue weighted by molar-refractivity contribution is 6.31. The molecule has 2 saturated heterocycles. The van der Waals surface area contributed by atoms with Gasteiger partial charge in [0, 0.05) is 34.5 Å². The molecule has 196 valence electrons. The van der Waals surface area contributed by atoms with E-state index in [1.54, 1.807) is 35.2 Å². The lowest BCUT2D eigenvalue weighted by Crippen LogP contribution is -2.56. The third-order valence-electron chi connectivity index (χ3n) is 8.56. The highest BCUT2D eigenvalue weighted by Crippen LogP contribution is 2.55. The second kappa shape index (κ2) is 8.49. The molecule has 1 spiro atoms. The molecule has 7 rings (SSSR count). The van der Waals surface area contributed by atoms with Crippen LogP contribution in [-0.4, -0.2) is 42.8 Å². The molecule has 3 aromatic carbocycles. The Hall–Kier alpha value is -4.01. The first-order chi connectivity index (χ1) is 18.8. The molecule has 9 heteroatoms. The maximum atomic E-state index is 14.4. The molecule has 4 heterocycles. The van der Waals surface area contributed by atoms with E-state index in [1.165, 1.54) is 4.90 Å². The number of benzene rings is 3. The number of para-hydroxylation sites is 2. The summed E-state index contributed by atoms with van der Waals surface area (Å²) in [5.41, 5.74) is 2.07. The number of anilines is 3. The van der Waals surface area contributed by atoms with Gasteiger partial charge in [0.05, 0.1) is 17.5 Å². The van der Waals surface area contributed by atoms with Crippen molar-refractivity contribution in [3.05, 3.63) is 88.9 Å². The van der Waals surface area contributed by atoms with E-state index in [0.29, 0.717) is 28.5 Å². The minimum absolute atomic E-state index is 0.167. The average molecular weight is 541 g/mol. The molecular formula is C30H25ClN4O4. The van der Waals surface area contributed by atoms with E-state index in [4.69, 9.17) is 11.6 Å². The first-order valence-electron chi connectivity index (χ1n) is 13.0. The molecule has 4 aliphatic heterocycles. The van der Waals surface area contributed by atoms with Gasteiger partial charge in [-0.2, -0.15) is 0 Å². The topological polar surface area (TPSA) is 90.0 Å². The lowest BCUT2D eigenvalue weighted by molar-refractivity contribution is -0.132. The summed E-state index contributed by atoms with van der Waals surface area (Å²) < 4.78 is 0. The van der Waals surface area contributed by atoms with E-state index < -0.39 is 35.2 Å². The van der Waals surface area contributed by atoms with Gasteiger partial charge < -0.3 is 9.80 Å². The highest BCUT2D eigenvalue weighted by atomic mass is 35.5. The van der Waals surface area contributed by atoms with Crippen LogP contribution in [0.15, 0.2) is 72.8 Å². The zero-order valence-electron chi connectivity index (χ0n) is 21.1. The number of hydrogen-bond acceptors (Lipinski definition) is 5. The number of halogens is 1. The fourth-order valence-electron chi connectivity index (χ4n) is 6.95. The first kappa shape index (κ1) is 24.1. The van der Waals surface area contributed by atoms with Crippen LogP contribution < -0.4 is 20.0 Å². The fourth-order valence-corrected chi connectivity index (χ4v) is 7.14. The van der Waals surface area contributed by atoms with Gasteiger partial charge in [0.25, 0.3) is 5.91 Å². The van der Waals surface area contributed by atoms with Crippen LogP contribution in [0, 0.1) is 11.8 Å². The van der Waals surface area contributed by atoms with Crippen molar-refractivity contribution in [3.8, 4) is 0 Å². The number of imide groups is 1. The van der Waals surface area contributed by atoms with E-state index in [1.807, 2.05) is 49.4 Å². The van der Waals surface area contributed by atoms with Gasteiger partial charge in [0.1, 0.15) is 12.1 Å². The lowest BCUT2D eigenvalue weighted by Gasteiger charge is -2.30. The van der Waals surface area contributed by atoms with Crippen molar-refractivity contribution in [2.24, 2.45) is 11.8 Å². The van der Waals surface area contributed by atoms with Crippen LogP contribution in [0.1, 0.15) is 18.1 Å². The van der Waals surface area contributed by atoms with Gasteiger partial charge in [-0.1, -0.05) is 54.1 Å². The molecular weight excluding hydrogens is 516 g/mol. The molecule has 1 N–H and O–H groups in total. The summed E-state index contributed by atoms with van der Waals surface area (Å²) in [6.45, 7) is 2.21. The molecule has 0 radical (unpaired) electrons. The molecule has 4 amide bonds. The summed E-state index contributed by atoms with van der Waals surface area (Å²) in [6.07, 6.45) is 0.759. The van der Waals surface area contributed by atoms with Gasteiger partial charge in [-0.3, -0.25) is 24.5 Å². The summed E-state index contributed by atoms with van der Waals surface area (Å²) in [4.78, 5) is 60.0. The molecule has 2 fully saturated rings. The number of fused-ring (bicyclic) bond motifs is 5. The van der Waals surface area contributed by atoms with Crippen LogP contribution in [0.3, 0.4) is 0 Å². The van der Waals surface area contributed by atoms with Crippen molar-refractivity contribution in [2.45, 2.75) is 24.9 Å². The quantitative estimate of drug-likeness (QED) is 0.515. The van der Waals surface area contributed by atoms with E-state index >= 15 is 0 Å². The molecule has 0 bridgehead atoms. The Balaban J connectivity index is 1.28. The molecule has 8 nitrogen and oxygen atoms in total. The first-order valence-corrected chi connectivity index (χ1v) is 13.4. The van der Waals surface area contributed by atoms with Gasteiger partial charge in [0.15, 0.2) is 0 Å².